The molecule has 0 spiro atoms. The zero-order chi connectivity index (χ0) is 17.7. The molecule has 0 aliphatic carbocycles. The van der Waals surface area contributed by atoms with Gasteiger partial charge in [0, 0.05) is 4.47 Å². The minimum Gasteiger partial charge on any atom is -0.487 e. The van der Waals surface area contributed by atoms with Gasteiger partial charge in [-0.1, -0.05) is 46.3 Å². The molecule has 128 valence electrons. The number of hydrogen-bond acceptors (Lipinski definition) is 3. The molecule has 0 fully saturated rings. The molecule has 0 saturated heterocycles. The smallest absolute Gasteiger partial charge is 0.412 e. The van der Waals surface area contributed by atoms with E-state index < -0.39 is 11.7 Å². The lowest BCUT2D eigenvalue weighted by atomic mass is 10.2. The van der Waals surface area contributed by atoms with Gasteiger partial charge in [-0.15, -0.1) is 0 Å². The largest absolute Gasteiger partial charge is 0.487 e. The molecule has 24 heavy (non-hydrogen) atoms. The molecule has 0 saturated carbocycles. The molecule has 1 N–H and O–H groups in total. The maximum absolute atomic E-state index is 12.1. The van der Waals surface area contributed by atoms with Gasteiger partial charge in [0.1, 0.15) is 18.0 Å². The summed E-state index contributed by atoms with van der Waals surface area (Å²) in [6.07, 6.45) is -0.502. The Kier molecular flexibility index (Phi) is 5.89. The fourth-order valence-corrected chi connectivity index (χ4v) is 2.68. The third-order valence-corrected chi connectivity index (χ3v) is 3.59. The zero-order valence-corrected chi connectivity index (χ0v) is 15.9. The Morgan fingerprint density at radius 2 is 1.83 bits per heavy atom. The van der Waals surface area contributed by atoms with Gasteiger partial charge < -0.3 is 9.47 Å². The zero-order valence-electron chi connectivity index (χ0n) is 14.4. The summed E-state index contributed by atoms with van der Waals surface area (Å²) in [5, 5.41) is 2.79. The first-order valence-electron chi connectivity index (χ1n) is 7.71. The summed E-state index contributed by atoms with van der Waals surface area (Å²) in [7, 11) is 0. The molecule has 5 heteroatoms. The first-order chi connectivity index (χ1) is 11.2. The van der Waals surface area contributed by atoms with Gasteiger partial charge in [0.05, 0.1) is 5.69 Å². The van der Waals surface area contributed by atoms with Gasteiger partial charge >= 0.3 is 6.09 Å². The standard InChI is InChI=1S/C19H22BrNO3/c1-13-10-15(20)11-16(23-12-14-8-6-5-7-9-14)17(13)21-18(22)24-19(2,3)4/h5-11H,12H2,1-4H3,(H,21,22). The molecule has 0 heterocycles. The van der Waals surface area contributed by atoms with Crippen molar-refractivity contribution in [2.75, 3.05) is 5.32 Å². The number of anilines is 1. The van der Waals surface area contributed by atoms with Crippen LogP contribution in [0.2, 0.25) is 0 Å². The van der Waals surface area contributed by atoms with Gasteiger partial charge in [-0.2, -0.15) is 0 Å². The van der Waals surface area contributed by atoms with Gasteiger partial charge in [-0.25, -0.2) is 4.79 Å². The lowest BCUT2D eigenvalue weighted by molar-refractivity contribution is 0.0635. The predicted molar refractivity (Wildman–Crippen MR) is 99.5 cm³/mol. The van der Waals surface area contributed by atoms with Crippen molar-refractivity contribution in [3.05, 3.63) is 58.1 Å². The average Bonchev–Trinajstić information content (AvgIpc) is 2.47. The lowest BCUT2D eigenvalue weighted by Gasteiger charge is -2.21. The SMILES string of the molecule is Cc1cc(Br)cc(OCc2ccccc2)c1NC(=O)OC(C)(C)C. The quantitative estimate of drug-likeness (QED) is 0.728. The minimum absolute atomic E-state index is 0.416. The first kappa shape index (κ1) is 18.3. The number of carbonyl (C=O) groups excluding carboxylic acids is 1. The van der Waals surface area contributed by atoms with Gasteiger partial charge in [0.25, 0.3) is 0 Å². The van der Waals surface area contributed by atoms with E-state index in [9.17, 15) is 4.79 Å². The number of rotatable bonds is 4. The van der Waals surface area contributed by atoms with E-state index in [0.29, 0.717) is 18.0 Å². The summed E-state index contributed by atoms with van der Waals surface area (Å²) in [6, 6.07) is 13.6. The summed E-state index contributed by atoms with van der Waals surface area (Å²) >= 11 is 3.46. The monoisotopic (exact) mass is 391 g/mol. The van der Waals surface area contributed by atoms with E-state index in [2.05, 4.69) is 21.2 Å². The second kappa shape index (κ2) is 7.71. The molecule has 0 aromatic heterocycles. The fourth-order valence-electron chi connectivity index (χ4n) is 2.13. The average molecular weight is 392 g/mol. The molecule has 2 aromatic carbocycles. The molecular formula is C19H22BrNO3. The van der Waals surface area contributed by atoms with Gasteiger partial charge in [-0.05, 0) is 51.0 Å². The Labute approximate surface area is 151 Å². The number of amides is 1. The van der Waals surface area contributed by atoms with Gasteiger partial charge in [-0.3, -0.25) is 5.32 Å². The molecule has 1 amide bonds. The van der Waals surface area contributed by atoms with Crippen LogP contribution < -0.4 is 10.1 Å². The Balaban J connectivity index is 2.19. The van der Waals surface area contributed by atoms with E-state index in [4.69, 9.17) is 9.47 Å². The van der Waals surface area contributed by atoms with E-state index in [0.717, 1.165) is 15.6 Å². The summed E-state index contributed by atoms with van der Waals surface area (Å²) in [5.74, 6) is 0.594. The highest BCUT2D eigenvalue weighted by Gasteiger charge is 2.19. The molecule has 0 bridgehead atoms. The Morgan fingerprint density at radius 1 is 1.17 bits per heavy atom. The number of halogens is 1. The number of ether oxygens (including phenoxy) is 2. The highest BCUT2D eigenvalue weighted by atomic mass is 79.9. The molecule has 0 aliphatic rings. The highest BCUT2D eigenvalue weighted by Crippen LogP contribution is 2.33. The molecule has 0 radical (unpaired) electrons. The minimum atomic E-state index is -0.557. The third kappa shape index (κ3) is 5.57. The predicted octanol–water partition coefficient (Wildman–Crippen LogP) is 5.68. The molecule has 2 rings (SSSR count). The molecular weight excluding hydrogens is 370 g/mol. The van der Waals surface area contributed by atoms with E-state index in [-0.39, 0.29) is 0 Å². The van der Waals surface area contributed by atoms with E-state index >= 15 is 0 Å². The Bertz CT molecular complexity index is 709. The van der Waals surface area contributed by atoms with Crippen molar-refractivity contribution in [3.63, 3.8) is 0 Å². The van der Waals surface area contributed by atoms with Crippen LogP contribution in [-0.4, -0.2) is 11.7 Å². The van der Waals surface area contributed by atoms with Crippen LogP contribution in [0.3, 0.4) is 0 Å². The van der Waals surface area contributed by atoms with Gasteiger partial charge in [0.2, 0.25) is 0 Å². The van der Waals surface area contributed by atoms with Crippen LogP contribution in [0.5, 0.6) is 5.75 Å². The molecule has 0 aliphatic heterocycles. The molecule has 0 atom stereocenters. The number of nitrogens with one attached hydrogen (secondary N) is 1. The van der Waals surface area contributed by atoms with Gasteiger partial charge in [0.15, 0.2) is 0 Å². The van der Waals surface area contributed by atoms with Crippen molar-refractivity contribution in [1.29, 1.82) is 0 Å². The van der Waals surface area contributed by atoms with Crippen molar-refractivity contribution in [2.24, 2.45) is 0 Å². The molecule has 4 nitrogen and oxygen atoms in total. The number of hydrogen-bond donors (Lipinski definition) is 1. The van der Waals surface area contributed by atoms with Crippen LogP contribution in [0.1, 0.15) is 31.9 Å². The van der Waals surface area contributed by atoms with Crippen LogP contribution in [0.15, 0.2) is 46.9 Å². The lowest BCUT2D eigenvalue weighted by Crippen LogP contribution is -2.27. The van der Waals surface area contributed by atoms with E-state index in [1.165, 1.54) is 0 Å². The summed E-state index contributed by atoms with van der Waals surface area (Å²) < 4.78 is 12.1. The Morgan fingerprint density at radius 3 is 2.46 bits per heavy atom. The van der Waals surface area contributed by atoms with Crippen LogP contribution in [0, 0.1) is 6.92 Å². The van der Waals surface area contributed by atoms with Crippen molar-refractivity contribution in [3.8, 4) is 5.75 Å². The number of benzene rings is 2. The molecule has 2 aromatic rings. The van der Waals surface area contributed by atoms with Crippen molar-refractivity contribution in [1.82, 2.24) is 0 Å². The van der Waals surface area contributed by atoms with Crippen LogP contribution in [0.4, 0.5) is 10.5 Å². The van der Waals surface area contributed by atoms with E-state index in [1.54, 1.807) is 0 Å². The maximum Gasteiger partial charge on any atom is 0.412 e. The van der Waals surface area contributed by atoms with Crippen molar-refractivity contribution in [2.45, 2.75) is 39.9 Å². The van der Waals surface area contributed by atoms with E-state index in [1.807, 2.05) is 70.2 Å². The maximum atomic E-state index is 12.1. The Hall–Kier alpha value is -2.01. The topological polar surface area (TPSA) is 47.6 Å². The number of aryl methyl sites for hydroxylation is 1. The molecule has 0 unspecified atom stereocenters. The summed E-state index contributed by atoms with van der Waals surface area (Å²) in [6.45, 7) is 7.81. The highest BCUT2D eigenvalue weighted by molar-refractivity contribution is 9.10. The normalized spacial score (nSPS) is 11.0. The first-order valence-corrected chi connectivity index (χ1v) is 8.51. The fraction of sp³-hybridized carbons (Fsp3) is 0.316. The van der Waals surface area contributed by atoms with Crippen LogP contribution in [-0.2, 0) is 11.3 Å². The second-order valence-corrected chi connectivity index (χ2v) is 7.41. The van der Waals surface area contributed by atoms with Crippen molar-refractivity contribution >= 4 is 27.7 Å². The summed E-state index contributed by atoms with van der Waals surface area (Å²) in [4.78, 5) is 12.1. The third-order valence-electron chi connectivity index (χ3n) is 3.13. The van der Waals surface area contributed by atoms with Crippen LogP contribution >= 0.6 is 15.9 Å². The summed E-state index contributed by atoms with van der Waals surface area (Å²) in [5.41, 5.74) is 2.00. The second-order valence-electron chi connectivity index (χ2n) is 6.50. The van der Waals surface area contributed by atoms with Crippen molar-refractivity contribution < 1.29 is 14.3 Å². The van der Waals surface area contributed by atoms with Crippen LogP contribution in [0.25, 0.3) is 0 Å². The number of carbonyl (C=O) groups is 1.